The zero-order valence-corrected chi connectivity index (χ0v) is 14.6. The molecule has 25 heavy (non-hydrogen) atoms. The van der Waals surface area contributed by atoms with Gasteiger partial charge in [0.05, 0.1) is 12.1 Å². The van der Waals surface area contributed by atoms with Crippen LogP contribution in [0.25, 0.3) is 11.1 Å². The van der Waals surface area contributed by atoms with Crippen LogP contribution >= 0.6 is 0 Å². The van der Waals surface area contributed by atoms with Crippen molar-refractivity contribution in [2.45, 2.75) is 44.2 Å². The van der Waals surface area contributed by atoms with Gasteiger partial charge in [-0.15, -0.1) is 0 Å². The molecule has 0 radical (unpaired) electrons. The van der Waals surface area contributed by atoms with E-state index in [0.29, 0.717) is 13.0 Å². The second kappa shape index (κ2) is 6.43. The first-order valence-corrected chi connectivity index (χ1v) is 9.31. The first-order valence-electron chi connectivity index (χ1n) is 9.31. The van der Waals surface area contributed by atoms with Crippen molar-refractivity contribution < 1.29 is 5.11 Å². The number of piperidine rings is 1. The highest BCUT2D eigenvalue weighted by atomic mass is 16.3. The van der Waals surface area contributed by atoms with E-state index in [1.807, 2.05) is 42.6 Å². The van der Waals surface area contributed by atoms with E-state index < -0.39 is 5.60 Å². The third-order valence-corrected chi connectivity index (χ3v) is 6.25. The molecule has 4 heteroatoms. The molecular formula is C21H26N2O2. The number of nitrogens with zero attached hydrogens (tertiary/aromatic N) is 1. The van der Waals surface area contributed by atoms with Gasteiger partial charge in [0.25, 0.3) is 5.56 Å². The van der Waals surface area contributed by atoms with Gasteiger partial charge < -0.3 is 15.0 Å². The van der Waals surface area contributed by atoms with E-state index in [1.54, 1.807) is 10.6 Å². The summed E-state index contributed by atoms with van der Waals surface area (Å²) >= 11 is 0. The highest BCUT2D eigenvalue weighted by Crippen LogP contribution is 2.49. The highest BCUT2D eigenvalue weighted by molar-refractivity contribution is 5.61. The minimum atomic E-state index is -0.812. The predicted octanol–water partition coefficient (Wildman–Crippen LogP) is 2.80. The first-order chi connectivity index (χ1) is 12.1. The number of benzene rings is 1. The molecule has 2 heterocycles. The lowest BCUT2D eigenvalue weighted by molar-refractivity contribution is -0.115. The maximum Gasteiger partial charge on any atom is 0.250 e. The van der Waals surface area contributed by atoms with Gasteiger partial charge in [-0.2, -0.15) is 0 Å². The Morgan fingerprint density at radius 2 is 1.76 bits per heavy atom. The number of aromatic nitrogens is 1. The third kappa shape index (κ3) is 2.94. The number of hydrogen-bond donors (Lipinski definition) is 2. The van der Waals surface area contributed by atoms with Crippen LogP contribution < -0.4 is 10.9 Å². The van der Waals surface area contributed by atoms with Crippen LogP contribution in [0.1, 0.15) is 32.1 Å². The van der Waals surface area contributed by atoms with Crippen molar-refractivity contribution in [3.05, 3.63) is 59.0 Å². The maximum atomic E-state index is 12.5. The van der Waals surface area contributed by atoms with Crippen molar-refractivity contribution in [1.29, 1.82) is 0 Å². The Morgan fingerprint density at radius 1 is 1.00 bits per heavy atom. The third-order valence-electron chi connectivity index (χ3n) is 6.25. The summed E-state index contributed by atoms with van der Waals surface area (Å²) in [5, 5.41) is 15.0. The molecule has 1 unspecified atom stereocenters. The number of aliphatic hydroxyl groups is 1. The lowest BCUT2D eigenvalue weighted by atomic mass is 9.66. The summed E-state index contributed by atoms with van der Waals surface area (Å²) in [6.07, 6.45) is 7.04. The topological polar surface area (TPSA) is 54.3 Å². The van der Waals surface area contributed by atoms with Gasteiger partial charge in [0, 0.05) is 24.2 Å². The molecule has 0 bridgehead atoms. The van der Waals surface area contributed by atoms with Crippen LogP contribution in [-0.2, 0) is 6.54 Å². The summed E-state index contributed by atoms with van der Waals surface area (Å²) in [5.41, 5.74) is 1.16. The van der Waals surface area contributed by atoms with Crippen LogP contribution in [0.2, 0.25) is 0 Å². The summed E-state index contributed by atoms with van der Waals surface area (Å²) in [6.45, 7) is 2.05. The zero-order valence-electron chi connectivity index (χ0n) is 14.6. The van der Waals surface area contributed by atoms with Gasteiger partial charge in [0.1, 0.15) is 0 Å². The Kier molecular flexibility index (Phi) is 4.26. The van der Waals surface area contributed by atoms with Gasteiger partial charge >= 0.3 is 0 Å². The molecular weight excluding hydrogens is 312 g/mol. The SMILES string of the molecule is O=c1ccc(-c2ccccc2)cn1CC1(O)CCNCC12CCCC2. The molecule has 2 N–H and O–H groups in total. The van der Waals surface area contributed by atoms with E-state index in [1.165, 1.54) is 12.8 Å². The molecule has 1 saturated carbocycles. The molecule has 1 atom stereocenters. The molecule has 1 saturated heterocycles. The number of pyridine rings is 1. The van der Waals surface area contributed by atoms with Crippen molar-refractivity contribution >= 4 is 0 Å². The molecule has 2 fully saturated rings. The van der Waals surface area contributed by atoms with Crippen LogP contribution in [0.4, 0.5) is 0 Å². The normalized spacial score (nSPS) is 25.3. The summed E-state index contributed by atoms with van der Waals surface area (Å²) in [7, 11) is 0. The monoisotopic (exact) mass is 338 g/mol. The van der Waals surface area contributed by atoms with Crippen LogP contribution in [0.3, 0.4) is 0 Å². The maximum absolute atomic E-state index is 12.5. The van der Waals surface area contributed by atoms with Crippen LogP contribution in [-0.4, -0.2) is 28.4 Å². The standard InChI is InChI=1S/C21H26N2O2/c24-19-9-8-18(17-6-2-1-3-7-17)14-23(19)16-21(25)12-13-22-15-20(21)10-4-5-11-20/h1-3,6-9,14,22,25H,4-5,10-13,15-16H2. The quantitative estimate of drug-likeness (QED) is 0.905. The van der Waals surface area contributed by atoms with Gasteiger partial charge in [-0.05, 0) is 43.0 Å². The summed E-state index contributed by atoms with van der Waals surface area (Å²) in [4.78, 5) is 12.5. The molecule has 2 aliphatic rings. The Labute approximate surface area is 148 Å². The fraction of sp³-hybridized carbons (Fsp3) is 0.476. The van der Waals surface area contributed by atoms with Gasteiger partial charge in [-0.3, -0.25) is 4.79 Å². The van der Waals surface area contributed by atoms with E-state index in [4.69, 9.17) is 0 Å². The molecule has 0 amide bonds. The van der Waals surface area contributed by atoms with Crippen LogP contribution in [0, 0.1) is 5.41 Å². The first kappa shape index (κ1) is 16.6. The van der Waals surface area contributed by atoms with E-state index in [-0.39, 0.29) is 11.0 Å². The molecule has 2 aromatic rings. The van der Waals surface area contributed by atoms with Gasteiger partial charge in [-0.1, -0.05) is 43.2 Å². The van der Waals surface area contributed by atoms with Gasteiger partial charge in [0.15, 0.2) is 0 Å². The molecule has 1 spiro atoms. The van der Waals surface area contributed by atoms with Crippen molar-refractivity contribution in [1.82, 2.24) is 9.88 Å². The molecule has 4 nitrogen and oxygen atoms in total. The highest BCUT2D eigenvalue weighted by Gasteiger charge is 2.53. The molecule has 1 aliphatic heterocycles. The van der Waals surface area contributed by atoms with E-state index in [0.717, 1.165) is 37.1 Å². The Morgan fingerprint density at radius 3 is 2.52 bits per heavy atom. The van der Waals surface area contributed by atoms with Crippen LogP contribution in [0.5, 0.6) is 0 Å². The van der Waals surface area contributed by atoms with Gasteiger partial charge in [0.2, 0.25) is 0 Å². The van der Waals surface area contributed by atoms with Crippen molar-refractivity contribution in [2.75, 3.05) is 13.1 Å². The average molecular weight is 338 g/mol. The van der Waals surface area contributed by atoms with Crippen LogP contribution in [0.15, 0.2) is 53.5 Å². The molecule has 1 aromatic carbocycles. The zero-order chi connectivity index (χ0) is 17.3. The number of rotatable bonds is 3. The minimum absolute atomic E-state index is 0.0419. The van der Waals surface area contributed by atoms with Crippen molar-refractivity contribution in [2.24, 2.45) is 5.41 Å². The second-order valence-corrected chi connectivity index (χ2v) is 7.70. The Bertz CT molecular complexity index is 793. The minimum Gasteiger partial charge on any atom is -0.387 e. The largest absolute Gasteiger partial charge is 0.387 e. The lowest BCUT2D eigenvalue weighted by Crippen LogP contribution is -2.60. The predicted molar refractivity (Wildman–Crippen MR) is 99.5 cm³/mol. The molecule has 132 valence electrons. The summed E-state index contributed by atoms with van der Waals surface area (Å²) in [5.74, 6) is 0. The lowest BCUT2D eigenvalue weighted by Gasteiger charge is -2.49. The molecule has 4 rings (SSSR count). The van der Waals surface area contributed by atoms with Crippen molar-refractivity contribution in [3.63, 3.8) is 0 Å². The Hall–Kier alpha value is -1.91. The van der Waals surface area contributed by atoms with Crippen molar-refractivity contribution in [3.8, 4) is 11.1 Å². The smallest absolute Gasteiger partial charge is 0.250 e. The molecule has 1 aromatic heterocycles. The fourth-order valence-electron chi connectivity index (χ4n) is 4.73. The van der Waals surface area contributed by atoms with Gasteiger partial charge in [-0.25, -0.2) is 0 Å². The molecule has 1 aliphatic carbocycles. The van der Waals surface area contributed by atoms with E-state index in [2.05, 4.69) is 5.32 Å². The second-order valence-electron chi connectivity index (χ2n) is 7.70. The summed E-state index contributed by atoms with van der Waals surface area (Å²) in [6, 6.07) is 13.6. The van der Waals surface area contributed by atoms with E-state index in [9.17, 15) is 9.90 Å². The Balaban J connectivity index is 1.69. The fourth-order valence-corrected chi connectivity index (χ4v) is 4.73. The number of nitrogens with one attached hydrogen (secondary N) is 1. The average Bonchev–Trinajstić information content (AvgIpc) is 3.11. The number of hydrogen-bond acceptors (Lipinski definition) is 3. The summed E-state index contributed by atoms with van der Waals surface area (Å²) < 4.78 is 1.72. The van der Waals surface area contributed by atoms with E-state index >= 15 is 0 Å².